The molecule has 1 aliphatic heterocycles. The van der Waals surface area contributed by atoms with E-state index in [9.17, 15) is 4.79 Å². The minimum Gasteiger partial charge on any atom is -0.493 e. The van der Waals surface area contributed by atoms with Crippen LogP contribution in [0, 0.1) is 0 Å². The van der Waals surface area contributed by atoms with Crippen molar-refractivity contribution in [3.8, 4) is 11.5 Å². The van der Waals surface area contributed by atoms with Crippen LogP contribution >= 0.6 is 11.6 Å². The van der Waals surface area contributed by atoms with Crippen LogP contribution in [0.25, 0.3) is 0 Å². The van der Waals surface area contributed by atoms with Gasteiger partial charge >= 0.3 is 0 Å². The minimum absolute atomic E-state index is 0.000121. The third-order valence-corrected chi connectivity index (χ3v) is 6.10. The third-order valence-electron chi connectivity index (χ3n) is 5.85. The van der Waals surface area contributed by atoms with Gasteiger partial charge in [-0.1, -0.05) is 30.7 Å². The first-order valence-corrected chi connectivity index (χ1v) is 11.1. The predicted molar refractivity (Wildman–Crippen MR) is 129 cm³/mol. The minimum atomic E-state index is -0.336. The van der Waals surface area contributed by atoms with Gasteiger partial charge in [0.25, 0.3) is 0 Å². The van der Waals surface area contributed by atoms with Crippen LogP contribution in [-0.2, 0) is 11.2 Å². The SMILES string of the molecule is CCC(C)Oc1cc2c(cc1OC)CC(=O)N(c1ccc(N)cc1)C2c1ccc(Cl)cc1. The fourth-order valence-corrected chi connectivity index (χ4v) is 4.14. The topological polar surface area (TPSA) is 64.8 Å². The molecule has 3 aromatic rings. The second-order valence-corrected chi connectivity index (χ2v) is 8.46. The van der Waals surface area contributed by atoms with Crippen LogP contribution < -0.4 is 20.1 Å². The van der Waals surface area contributed by atoms with Crippen molar-refractivity contribution < 1.29 is 14.3 Å². The maximum Gasteiger partial charge on any atom is 0.232 e. The highest BCUT2D eigenvalue weighted by Gasteiger charge is 2.36. The largest absolute Gasteiger partial charge is 0.493 e. The summed E-state index contributed by atoms with van der Waals surface area (Å²) < 4.78 is 11.8. The smallest absolute Gasteiger partial charge is 0.232 e. The van der Waals surface area contributed by atoms with Gasteiger partial charge in [-0.05, 0) is 78.6 Å². The van der Waals surface area contributed by atoms with Crippen molar-refractivity contribution in [3.05, 3.63) is 82.4 Å². The molecule has 0 aliphatic carbocycles. The molecular formula is C26H27ClN2O3. The zero-order valence-electron chi connectivity index (χ0n) is 18.5. The number of anilines is 2. The molecule has 0 bridgehead atoms. The van der Waals surface area contributed by atoms with E-state index in [1.807, 2.05) is 72.5 Å². The van der Waals surface area contributed by atoms with Crippen molar-refractivity contribution >= 4 is 28.9 Å². The average Bonchev–Trinajstić information content (AvgIpc) is 2.79. The molecule has 0 radical (unpaired) electrons. The number of benzene rings is 3. The Bertz CT molecular complexity index is 1110. The van der Waals surface area contributed by atoms with Crippen molar-refractivity contribution in [2.24, 2.45) is 0 Å². The molecular weight excluding hydrogens is 424 g/mol. The molecule has 0 spiro atoms. The lowest BCUT2D eigenvalue weighted by molar-refractivity contribution is -0.118. The molecule has 0 aromatic heterocycles. The number of amides is 1. The molecule has 2 atom stereocenters. The number of hydrogen-bond donors (Lipinski definition) is 1. The van der Waals surface area contributed by atoms with Crippen LogP contribution in [0.4, 0.5) is 11.4 Å². The Labute approximate surface area is 193 Å². The molecule has 2 unspecified atom stereocenters. The van der Waals surface area contributed by atoms with Crippen molar-refractivity contribution in [2.45, 2.75) is 38.8 Å². The average molecular weight is 451 g/mol. The number of nitrogens with two attached hydrogens (primary N) is 1. The van der Waals surface area contributed by atoms with E-state index in [4.69, 9.17) is 26.8 Å². The lowest BCUT2D eigenvalue weighted by Gasteiger charge is -2.38. The number of carbonyl (C=O) groups is 1. The van der Waals surface area contributed by atoms with Gasteiger partial charge < -0.3 is 20.1 Å². The molecule has 5 nitrogen and oxygen atoms in total. The van der Waals surface area contributed by atoms with Gasteiger partial charge in [0.2, 0.25) is 5.91 Å². The molecule has 2 N–H and O–H groups in total. The van der Waals surface area contributed by atoms with Gasteiger partial charge in [0.1, 0.15) is 0 Å². The Morgan fingerprint density at radius 2 is 1.78 bits per heavy atom. The molecule has 0 fully saturated rings. The van der Waals surface area contributed by atoms with E-state index in [1.165, 1.54) is 0 Å². The van der Waals surface area contributed by atoms with Gasteiger partial charge in [0.05, 0.1) is 25.7 Å². The number of fused-ring (bicyclic) bond motifs is 1. The standard InChI is InChI=1S/C26H27ClN2O3/c1-4-16(2)32-24-15-22-18(13-23(24)31-3)14-25(30)29(21-11-9-20(28)10-12-21)26(22)17-5-7-19(27)8-6-17/h5-13,15-16,26H,4,14,28H2,1-3H3. The summed E-state index contributed by atoms with van der Waals surface area (Å²) in [4.78, 5) is 15.2. The monoisotopic (exact) mass is 450 g/mol. The van der Waals surface area contributed by atoms with E-state index in [0.717, 1.165) is 28.8 Å². The van der Waals surface area contributed by atoms with Crippen molar-refractivity contribution in [3.63, 3.8) is 0 Å². The Morgan fingerprint density at radius 1 is 1.09 bits per heavy atom. The Kier molecular flexibility index (Phi) is 6.28. The normalized spacial score (nSPS) is 16.4. The van der Waals surface area contributed by atoms with E-state index >= 15 is 0 Å². The van der Waals surface area contributed by atoms with Crippen molar-refractivity contribution in [2.75, 3.05) is 17.7 Å². The van der Waals surface area contributed by atoms with Crippen LogP contribution in [0.3, 0.4) is 0 Å². The molecule has 1 aliphatic rings. The number of hydrogen-bond acceptors (Lipinski definition) is 4. The molecule has 1 heterocycles. The van der Waals surface area contributed by atoms with Crippen LogP contribution in [-0.4, -0.2) is 19.1 Å². The van der Waals surface area contributed by atoms with Gasteiger partial charge in [0, 0.05) is 16.4 Å². The summed E-state index contributed by atoms with van der Waals surface area (Å²) in [6, 6.07) is 18.6. The van der Waals surface area contributed by atoms with Crippen LogP contribution in [0.5, 0.6) is 11.5 Å². The summed E-state index contributed by atoms with van der Waals surface area (Å²) >= 11 is 6.16. The molecule has 1 amide bonds. The second kappa shape index (κ2) is 9.13. The highest BCUT2D eigenvalue weighted by atomic mass is 35.5. The van der Waals surface area contributed by atoms with Gasteiger partial charge in [0.15, 0.2) is 11.5 Å². The summed E-state index contributed by atoms with van der Waals surface area (Å²) in [5.41, 5.74) is 10.2. The molecule has 0 saturated carbocycles. The summed E-state index contributed by atoms with van der Waals surface area (Å²) in [6.07, 6.45) is 1.18. The highest BCUT2D eigenvalue weighted by molar-refractivity contribution is 6.30. The number of nitrogen functional groups attached to an aromatic ring is 1. The Hall–Kier alpha value is -3.18. The zero-order chi connectivity index (χ0) is 22.8. The van der Waals surface area contributed by atoms with E-state index in [1.54, 1.807) is 7.11 Å². The molecule has 166 valence electrons. The summed E-state index contributed by atoms with van der Waals surface area (Å²) in [5.74, 6) is 1.30. The van der Waals surface area contributed by atoms with Gasteiger partial charge in [-0.15, -0.1) is 0 Å². The summed E-state index contributed by atoms with van der Waals surface area (Å²) in [5, 5.41) is 0.644. The van der Waals surface area contributed by atoms with E-state index in [0.29, 0.717) is 22.2 Å². The molecule has 0 saturated heterocycles. The molecule has 3 aromatic carbocycles. The van der Waals surface area contributed by atoms with Crippen molar-refractivity contribution in [1.82, 2.24) is 0 Å². The first-order valence-electron chi connectivity index (χ1n) is 10.7. The van der Waals surface area contributed by atoms with Crippen LogP contribution in [0.15, 0.2) is 60.7 Å². The van der Waals surface area contributed by atoms with Gasteiger partial charge in [-0.25, -0.2) is 0 Å². The number of carbonyl (C=O) groups excluding carboxylic acids is 1. The first kappa shape index (κ1) is 22.0. The predicted octanol–water partition coefficient (Wildman–Crippen LogP) is 5.79. The van der Waals surface area contributed by atoms with Crippen LogP contribution in [0.2, 0.25) is 5.02 Å². The number of rotatable bonds is 6. The maximum absolute atomic E-state index is 13.4. The lowest BCUT2D eigenvalue weighted by atomic mass is 9.86. The molecule has 32 heavy (non-hydrogen) atoms. The van der Waals surface area contributed by atoms with E-state index in [-0.39, 0.29) is 24.5 Å². The highest BCUT2D eigenvalue weighted by Crippen LogP contribution is 2.43. The second-order valence-electron chi connectivity index (χ2n) is 8.02. The number of halogens is 1. The Morgan fingerprint density at radius 3 is 2.41 bits per heavy atom. The van der Waals surface area contributed by atoms with Crippen molar-refractivity contribution in [1.29, 1.82) is 0 Å². The molecule has 4 rings (SSSR count). The number of ether oxygens (including phenoxy) is 2. The third kappa shape index (κ3) is 4.26. The fourth-order valence-electron chi connectivity index (χ4n) is 4.01. The quantitative estimate of drug-likeness (QED) is 0.483. The number of nitrogens with zero attached hydrogens (tertiary/aromatic N) is 1. The summed E-state index contributed by atoms with van der Waals surface area (Å²) in [6.45, 7) is 4.10. The lowest BCUT2D eigenvalue weighted by Crippen LogP contribution is -2.41. The Balaban J connectivity index is 1.90. The van der Waals surface area contributed by atoms with E-state index < -0.39 is 0 Å². The zero-order valence-corrected chi connectivity index (χ0v) is 19.2. The van der Waals surface area contributed by atoms with Crippen LogP contribution in [0.1, 0.15) is 43.0 Å². The molecule has 6 heteroatoms. The first-order chi connectivity index (χ1) is 15.4. The van der Waals surface area contributed by atoms with E-state index in [2.05, 4.69) is 6.92 Å². The van der Waals surface area contributed by atoms with Gasteiger partial charge in [-0.2, -0.15) is 0 Å². The number of methoxy groups -OCH3 is 1. The van der Waals surface area contributed by atoms with Gasteiger partial charge in [-0.3, -0.25) is 4.79 Å². The fraction of sp³-hybridized carbons (Fsp3) is 0.269. The maximum atomic E-state index is 13.4. The summed E-state index contributed by atoms with van der Waals surface area (Å²) in [7, 11) is 1.62.